The molecule has 0 aliphatic rings. The number of unbranched alkanes of at least 4 members (excludes halogenated alkanes) is 1. The molecule has 0 aromatic heterocycles. The van der Waals surface area contributed by atoms with E-state index in [0.717, 1.165) is 19.4 Å². The molecule has 0 bridgehead atoms. The molecular weight excluding hydrogens is 164 g/mol. The summed E-state index contributed by atoms with van der Waals surface area (Å²) in [5.74, 6) is 0. The van der Waals surface area contributed by atoms with Crippen molar-refractivity contribution in [2.45, 2.75) is 45.6 Å². The van der Waals surface area contributed by atoms with Crippen LogP contribution in [0.15, 0.2) is 12.2 Å². The summed E-state index contributed by atoms with van der Waals surface area (Å²) >= 11 is 0. The first-order valence-corrected chi connectivity index (χ1v) is 6.72. The van der Waals surface area contributed by atoms with Gasteiger partial charge in [0.05, 0.1) is 0 Å². The molecule has 0 N–H and O–H groups in total. The molecule has 0 amide bonds. The first-order chi connectivity index (χ1) is 5.91. The summed E-state index contributed by atoms with van der Waals surface area (Å²) in [7, 11) is -0.168. The molecule has 0 aliphatic heterocycles. The van der Waals surface area contributed by atoms with Crippen LogP contribution in [0.1, 0.15) is 39.5 Å². The lowest BCUT2D eigenvalue weighted by molar-refractivity contribution is 0.342. The highest BCUT2D eigenvalue weighted by atomic mass is 28.2. The Balaban J connectivity index is 2.86. The number of rotatable bonds is 8. The Kier molecular flexibility index (Phi) is 10.8. The van der Waals surface area contributed by atoms with Crippen LogP contribution in [0.3, 0.4) is 0 Å². The molecule has 0 saturated carbocycles. The Hall–Kier alpha value is -0.0831. The molecule has 12 heavy (non-hydrogen) atoms. The van der Waals surface area contributed by atoms with Crippen molar-refractivity contribution in [1.29, 1.82) is 0 Å². The highest BCUT2D eigenvalue weighted by Crippen LogP contribution is 1.94. The Labute approximate surface area is 79.1 Å². The van der Waals surface area contributed by atoms with Crippen LogP contribution in [-0.2, 0) is 4.43 Å². The van der Waals surface area contributed by atoms with E-state index < -0.39 is 0 Å². The van der Waals surface area contributed by atoms with Gasteiger partial charge in [-0.25, -0.2) is 0 Å². The van der Waals surface area contributed by atoms with Gasteiger partial charge >= 0.3 is 0 Å². The predicted molar refractivity (Wildman–Crippen MR) is 58.3 cm³/mol. The van der Waals surface area contributed by atoms with E-state index in [1.54, 1.807) is 0 Å². The fourth-order valence-corrected chi connectivity index (χ4v) is 2.27. The van der Waals surface area contributed by atoms with Gasteiger partial charge in [-0.1, -0.05) is 38.8 Å². The number of hydrogen-bond donors (Lipinski definition) is 0. The third-order valence-electron chi connectivity index (χ3n) is 1.72. The second-order valence-corrected chi connectivity index (χ2v) is 4.51. The summed E-state index contributed by atoms with van der Waals surface area (Å²) in [6.45, 7) is 5.35. The summed E-state index contributed by atoms with van der Waals surface area (Å²) in [5, 5.41) is 0. The number of hydrogen-bond acceptors (Lipinski definition) is 1. The Morgan fingerprint density at radius 1 is 1.25 bits per heavy atom. The molecule has 0 fully saturated rings. The highest BCUT2D eigenvalue weighted by molar-refractivity contribution is 6.26. The molecule has 0 radical (unpaired) electrons. The standard InChI is InChI=1S/C10H22OSi/c1-3-5-7-8-9-11-12-10-6-4-2/h5,7H,3-4,6,8-10,12H2,1-2H3. The molecule has 0 unspecified atom stereocenters. The molecule has 2 heteroatoms. The molecule has 0 aromatic rings. The van der Waals surface area contributed by atoms with Crippen LogP contribution < -0.4 is 0 Å². The van der Waals surface area contributed by atoms with E-state index in [1.807, 2.05) is 0 Å². The van der Waals surface area contributed by atoms with Gasteiger partial charge in [0.25, 0.3) is 0 Å². The van der Waals surface area contributed by atoms with Gasteiger partial charge in [-0.3, -0.25) is 0 Å². The van der Waals surface area contributed by atoms with Crippen LogP contribution >= 0.6 is 0 Å². The van der Waals surface area contributed by atoms with Crippen LogP contribution in [0.25, 0.3) is 0 Å². The maximum Gasteiger partial charge on any atom is 0.161 e. The lowest BCUT2D eigenvalue weighted by Crippen LogP contribution is -1.98. The third kappa shape index (κ3) is 9.92. The maximum absolute atomic E-state index is 5.57. The van der Waals surface area contributed by atoms with Crippen molar-refractivity contribution in [3.05, 3.63) is 12.2 Å². The lowest BCUT2D eigenvalue weighted by Gasteiger charge is -1.99. The molecule has 0 spiro atoms. The minimum Gasteiger partial charge on any atom is -0.424 e. The van der Waals surface area contributed by atoms with Crippen LogP contribution in [0.5, 0.6) is 0 Å². The van der Waals surface area contributed by atoms with Crippen LogP contribution in [-0.4, -0.2) is 16.4 Å². The summed E-state index contributed by atoms with van der Waals surface area (Å²) < 4.78 is 5.57. The van der Waals surface area contributed by atoms with Gasteiger partial charge in [-0.2, -0.15) is 0 Å². The zero-order valence-corrected chi connectivity index (χ0v) is 9.93. The molecule has 0 aliphatic carbocycles. The van der Waals surface area contributed by atoms with E-state index in [-0.39, 0.29) is 9.76 Å². The van der Waals surface area contributed by atoms with Crippen LogP contribution in [0.2, 0.25) is 6.04 Å². The smallest absolute Gasteiger partial charge is 0.161 e. The summed E-state index contributed by atoms with van der Waals surface area (Å²) in [6, 6.07) is 1.36. The van der Waals surface area contributed by atoms with Gasteiger partial charge in [0.1, 0.15) is 0 Å². The Bertz CT molecular complexity index is 102. The molecule has 0 saturated heterocycles. The first-order valence-electron chi connectivity index (χ1n) is 5.14. The van der Waals surface area contributed by atoms with Gasteiger partial charge in [-0.15, -0.1) is 0 Å². The van der Waals surface area contributed by atoms with Crippen molar-refractivity contribution < 1.29 is 4.43 Å². The van der Waals surface area contributed by atoms with Crippen molar-refractivity contribution in [2.75, 3.05) is 6.61 Å². The summed E-state index contributed by atoms with van der Waals surface area (Å²) in [4.78, 5) is 0. The number of allylic oxidation sites excluding steroid dienone is 1. The Morgan fingerprint density at radius 2 is 2.08 bits per heavy atom. The maximum atomic E-state index is 5.57. The van der Waals surface area contributed by atoms with Gasteiger partial charge in [0.2, 0.25) is 0 Å². The van der Waals surface area contributed by atoms with E-state index in [9.17, 15) is 0 Å². The molecule has 0 aromatic carbocycles. The van der Waals surface area contributed by atoms with Crippen molar-refractivity contribution in [3.63, 3.8) is 0 Å². The monoisotopic (exact) mass is 186 g/mol. The van der Waals surface area contributed by atoms with E-state index in [2.05, 4.69) is 26.0 Å². The minimum absolute atomic E-state index is 0.168. The Morgan fingerprint density at radius 3 is 2.75 bits per heavy atom. The summed E-state index contributed by atoms with van der Waals surface area (Å²) in [5.41, 5.74) is 0. The average Bonchev–Trinajstić information content (AvgIpc) is 2.10. The van der Waals surface area contributed by atoms with E-state index in [4.69, 9.17) is 4.43 Å². The molecule has 0 atom stereocenters. The average molecular weight is 186 g/mol. The summed E-state index contributed by atoms with van der Waals surface area (Å²) in [6.07, 6.45) is 9.34. The lowest BCUT2D eigenvalue weighted by atomic mass is 10.3. The predicted octanol–water partition coefficient (Wildman–Crippen LogP) is 2.66. The first kappa shape index (κ1) is 11.9. The SMILES string of the molecule is CCC=CCCO[SiH2]CCCC. The quantitative estimate of drug-likeness (QED) is 0.322. The fourth-order valence-electron chi connectivity index (χ4n) is 0.992. The van der Waals surface area contributed by atoms with Crippen molar-refractivity contribution in [3.8, 4) is 0 Å². The van der Waals surface area contributed by atoms with Crippen molar-refractivity contribution >= 4 is 9.76 Å². The van der Waals surface area contributed by atoms with Gasteiger partial charge < -0.3 is 4.43 Å². The van der Waals surface area contributed by atoms with E-state index in [1.165, 1.54) is 18.9 Å². The fraction of sp³-hybridized carbons (Fsp3) is 0.800. The van der Waals surface area contributed by atoms with E-state index in [0.29, 0.717) is 0 Å². The minimum atomic E-state index is -0.168. The largest absolute Gasteiger partial charge is 0.424 e. The third-order valence-corrected chi connectivity index (χ3v) is 3.09. The molecule has 0 heterocycles. The molecule has 0 rings (SSSR count). The van der Waals surface area contributed by atoms with Crippen LogP contribution in [0.4, 0.5) is 0 Å². The normalized spacial score (nSPS) is 12.2. The highest BCUT2D eigenvalue weighted by Gasteiger charge is 1.87. The zero-order chi connectivity index (χ0) is 9.07. The molecular formula is C10H22OSi. The van der Waals surface area contributed by atoms with Gasteiger partial charge in [0.15, 0.2) is 9.76 Å². The van der Waals surface area contributed by atoms with Crippen LogP contribution in [0, 0.1) is 0 Å². The van der Waals surface area contributed by atoms with Gasteiger partial charge in [-0.05, 0) is 18.9 Å². The second kappa shape index (κ2) is 10.9. The van der Waals surface area contributed by atoms with Gasteiger partial charge in [0, 0.05) is 6.61 Å². The topological polar surface area (TPSA) is 9.23 Å². The zero-order valence-electron chi connectivity index (χ0n) is 8.51. The molecule has 72 valence electrons. The van der Waals surface area contributed by atoms with E-state index >= 15 is 0 Å². The van der Waals surface area contributed by atoms with Crippen molar-refractivity contribution in [2.24, 2.45) is 0 Å². The van der Waals surface area contributed by atoms with Crippen molar-refractivity contribution in [1.82, 2.24) is 0 Å². The second-order valence-electron chi connectivity index (χ2n) is 2.99. The molecule has 1 nitrogen and oxygen atoms in total.